The molecule has 0 atom stereocenters. The van der Waals surface area contributed by atoms with Crippen molar-refractivity contribution in [2.75, 3.05) is 26.7 Å². The van der Waals surface area contributed by atoms with Crippen molar-refractivity contribution in [2.45, 2.75) is 53.1 Å². The van der Waals surface area contributed by atoms with Crippen LogP contribution in [0, 0.1) is 19.8 Å². The third-order valence-electron chi connectivity index (χ3n) is 5.19. The highest BCUT2D eigenvalue weighted by molar-refractivity contribution is 14.0. The van der Waals surface area contributed by atoms with E-state index in [-0.39, 0.29) is 24.0 Å². The Morgan fingerprint density at radius 2 is 2.00 bits per heavy atom. The average molecular weight is 549 g/mol. The van der Waals surface area contributed by atoms with Gasteiger partial charge in [0.05, 0.1) is 27.9 Å². The summed E-state index contributed by atoms with van der Waals surface area (Å²) in [6.07, 6.45) is 3.49. The summed E-state index contributed by atoms with van der Waals surface area (Å²) in [4.78, 5) is 17.4. The van der Waals surface area contributed by atoms with Crippen LogP contribution in [0.5, 0.6) is 0 Å². The van der Waals surface area contributed by atoms with E-state index in [0.29, 0.717) is 5.92 Å². The van der Waals surface area contributed by atoms with Gasteiger partial charge in [0.15, 0.2) is 5.96 Å². The van der Waals surface area contributed by atoms with E-state index in [4.69, 9.17) is 4.98 Å². The topological polar surface area (TPSA) is 65.4 Å². The zero-order chi connectivity index (χ0) is 19.9. The van der Waals surface area contributed by atoms with Gasteiger partial charge in [0.25, 0.3) is 0 Å². The normalized spacial score (nSPS) is 15.9. The van der Waals surface area contributed by atoms with Gasteiger partial charge in [-0.1, -0.05) is 6.92 Å². The van der Waals surface area contributed by atoms with Crippen molar-refractivity contribution in [3.63, 3.8) is 0 Å². The van der Waals surface area contributed by atoms with E-state index >= 15 is 0 Å². The molecule has 0 amide bonds. The maximum Gasteiger partial charge on any atom is 0.191 e. The molecule has 3 heterocycles. The maximum atomic E-state index is 4.70. The Kier molecular flexibility index (Phi) is 10.3. The second kappa shape index (κ2) is 12.2. The van der Waals surface area contributed by atoms with Crippen LogP contribution >= 0.6 is 46.7 Å². The maximum absolute atomic E-state index is 4.70. The quantitative estimate of drug-likeness (QED) is 0.312. The Bertz CT molecular complexity index is 780. The Labute approximate surface area is 199 Å². The van der Waals surface area contributed by atoms with E-state index in [1.54, 1.807) is 22.7 Å². The molecule has 0 spiro atoms. The number of thiazole rings is 2. The molecule has 0 aliphatic carbocycles. The third kappa shape index (κ3) is 7.45. The summed E-state index contributed by atoms with van der Waals surface area (Å²) in [5, 5.41) is 11.5. The molecule has 0 bridgehead atoms. The Morgan fingerprint density at radius 1 is 1.24 bits per heavy atom. The molecule has 1 saturated heterocycles. The number of hydrogen-bond acceptors (Lipinski definition) is 6. The Hall–Kier alpha value is -0.780. The molecule has 2 aromatic heterocycles. The lowest BCUT2D eigenvalue weighted by atomic mass is 9.97. The number of aromatic nitrogens is 2. The predicted molar refractivity (Wildman–Crippen MR) is 135 cm³/mol. The van der Waals surface area contributed by atoms with E-state index in [2.05, 4.69) is 51.7 Å². The highest BCUT2D eigenvalue weighted by Gasteiger charge is 2.20. The Morgan fingerprint density at radius 3 is 2.59 bits per heavy atom. The standard InChI is InChI=1S/C20H32N6S2.HI/c1-5-19-25-17(13-27-19)12-26-8-6-16(7-9-26)10-22-20(21-4)23-11-18-14(2)24-15(3)28-18;/h13,16H,5-12H2,1-4H3,(H2,21,22,23);1H. The smallest absolute Gasteiger partial charge is 0.191 e. The molecule has 29 heavy (non-hydrogen) atoms. The number of aryl methyl sites for hydroxylation is 3. The van der Waals surface area contributed by atoms with E-state index in [9.17, 15) is 0 Å². The van der Waals surface area contributed by atoms with Crippen molar-refractivity contribution in [1.82, 2.24) is 25.5 Å². The van der Waals surface area contributed by atoms with Crippen LogP contribution in [0.3, 0.4) is 0 Å². The fraction of sp³-hybridized carbons (Fsp3) is 0.650. The van der Waals surface area contributed by atoms with Gasteiger partial charge in [0.1, 0.15) is 0 Å². The molecule has 162 valence electrons. The number of nitrogens with zero attached hydrogens (tertiary/aromatic N) is 4. The molecule has 9 heteroatoms. The molecule has 2 N–H and O–H groups in total. The lowest BCUT2D eigenvalue weighted by molar-refractivity contribution is 0.176. The molecule has 1 aliphatic rings. The highest BCUT2D eigenvalue weighted by Crippen LogP contribution is 2.20. The van der Waals surface area contributed by atoms with Gasteiger partial charge in [-0.3, -0.25) is 9.89 Å². The number of piperidine rings is 1. The van der Waals surface area contributed by atoms with Crippen molar-refractivity contribution in [3.05, 3.63) is 31.7 Å². The summed E-state index contributed by atoms with van der Waals surface area (Å²) >= 11 is 3.54. The number of hydrogen-bond donors (Lipinski definition) is 2. The van der Waals surface area contributed by atoms with Crippen LogP contribution in [0.4, 0.5) is 0 Å². The lowest BCUT2D eigenvalue weighted by Gasteiger charge is -2.31. The minimum atomic E-state index is 0. The molecule has 0 unspecified atom stereocenters. The summed E-state index contributed by atoms with van der Waals surface area (Å²) < 4.78 is 0. The van der Waals surface area contributed by atoms with E-state index < -0.39 is 0 Å². The van der Waals surface area contributed by atoms with Crippen LogP contribution in [0.15, 0.2) is 10.4 Å². The van der Waals surface area contributed by atoms with Gasteiger partial charge in [-0.15, -0.1) is 46.7 Å². The zero-order valence-corrected chi connectivity index (χ0v) is 21.8. The molecule has 1 aliphatic heterocycles. The molecule has 2 aromatic rings. The number of rotatable bonds is 7. The van der Waals surface area contributed by atoms with Gasteiger partial charge in [-0.25, -0.2) is 9.97 Å². The van der Waals surface area contributed by atoms with Crippen LogP contribution in [0.1, 0.15) is 46.0 Å². The molecule has 6 nitrogen and oxygen atoms in total. The predicted octanol–water partition coefficient (Wildman–Crippen LogP) is 3.97. The van der Waals surface area contributed by atoms with Crippen molar-refractivity contribution in [2.24, 2.45) is 10.9 Å². The Balaban J connectivity index is 0.00000300. The number of aliphatic imine (C=N–C) groups is 1. The summed E-state index contributed by atoms with van der Waals surface area (Å²) in [5.74, 6) is 1.58. The van der Waals surface area contributed by atoms with Crippen LogP contribution in [0.2, 0.25) is 0 Å². The summed E-state index contributed by atoms with van der Waals surface area (Å²) in [6.45, 7) is 11.3. The highest BCUT2D eigenvalue weighted by atomic mass is 127. The van der Waals surface area contributed by atoms with Gasteiger partial charge in [-0.05, 0) is 52.1 Å². The van der Waals surface area contributed by atoms with Crippen LogP contribution in [0.25, 0.3) is 0 Å². The molecule has 0 saturated carbocycles. The van der Waals surface area contributed by atoms with Crippen molar-refractivity contribution < 1.29 is 0 Å². The van der Waals surface area contributed by atoms with E-state index in [0.717, 1.165) is 55.8 Å². The van der Waals surface area contributed by atoms with E-state index in [1.807, 2.05) is 7.05 Å². The van der Waals surface area contributed by atoms with Gasteiger partial charge in [0.2, 0.25) is 0 Å². The molecule has 0 radical (unpaired) electrons. The first-order valence-electron chi connectivity index (χ1n) is 10.1. The van der Waals surface area contributed by atoms with Gasteiger partial charge in [-0.2, -0.15) is 0 Å². The minimum absolute atomic E-state index is 0. The number of guanidine groups is 1. The van der Waals surface area contributed by atoms with Gasteiger partial charge < -0.3 is 10.6 Å². The molecule has 3 rings (SSSR count). The largest absolute Gasteiger partial charge is 0.356 e. The molecule has 1 fully saturated rings. The SMILES string of the molecule is CCc1nc(CN2CCC(CNC(=NC)NCc3sc(C)nc3C)CC2)cs1.I. The third-order valence-corrected chi connectivity index (χ3v) is 7.31. The number of likely N-dealkylation sites (tertiary alicyclic amines) is 1. The molecule has 0 aromatic carbocycles. The lowest BCUT2D eigenvalue weighted by Crippen LogP contribution is -2.42. The van der Waals surface area contributed by atoms with Crippen molar-refractivity contribution >= 4 is 52.6 Å². The first-order chi connectivity index (χ1) is 13.6. The first-order valence-corrected chi connectivity index (χ1v) is 11.8. The number of halogens is 1. The second-order valence-electron chi connectivity index (χ2n) is 7.35. The van der Waals surface area contributed by atoms with E-state index in [1.165, 1.54) is 28.4 Å². The summed E-state index contributed by atoms with van der Waals surface area (Å²) in [5.41, 5.74) is 2.35. The van der Waals surface area contributed by atoms with Crippen LogP contribution < -0.4 is 10.6 Å². The monoisotopic (exact) mass is 548 g/mol. The summed E-state index contributed by atoms with van der Waals surface area (Å²) in [6, 6.07) is 0. The van der Waals surface area contributed by atoms with Crippen LogP contribution in [-0.2, 0) is 19.5 Å². The molecular weight excluding hydrogens is 515 g/mol. The van der Waals surface area contributed by atoms with Crippen LogP contribution in [-0.4, -0.2) is 47.5 Å². The number of nitrogens with one attached hydrogen (secondary N) is 2. The van der Waals surface area contributed by atoms with Gasteiger partial charge >= 0.3 is 0 Å². The fourth-order valence-electron chi connectivity index (χ4n) is 3.52. The molecular formula is C20H33IN6S2. The zero-order valence-electron chi connectivity index (χ0n) is 17.8. The van der Waals surface area contributed by atoms with Crippen molar-refractivity contribution in [3.8, 4) is 0 Å². The van der Waals surface area contributed by atoms with Gasteiger partial charge in [0, 0.05) is 30.4 Å². The second-order valence-corrected chi connectivity index (χ2v) is 9.58. The average Bonchev–Trinajstić information content (AvgIpc) is 3.28. The summed E-state index contributed by atoms with van der Waals surface area (Å²) in [7, 11) is 1.83. The first kappa shape index (κ1) is 24.5. The minimum Gasteiger partial charge on any atom is -0.356 e. The fourth-order valence-corrected chi connectivity index (χ4v) is 5.14. The van der Waals surface area contributed by atoms with Crippen molar-refractivity contribution in [1.29, 1.82) is 0 Å².